The number of benzene rings is 1. The number of hydrogen-bond acceptors (Lipinski definition) is 1. The molecule has 0 fully saturated rings. The molecule has 1 aromatic carbocycles. The Kier molecular flexibility index (Phi) is 3.69. The zero-order valence-corrected chi connectivity index (χ0v) is 8.34. The van der Waals surface area contributed by atoms with Gasteiger partial charge < -0.3 is 4.79 Å². The molecule has 0 spiro atoms. The van der Waals surface area contributed by atoms with Crippen LogP contribution in [0.4, 0.5) is 0 Å². The van der Waals surface area contributed by atoms with Gasteiger partial charge in [0.1, 0.15) is 6.29 Å². The highest BCUT2D eigenvalue weighted by molar-refractivity contribution is 5.50. The Labute approximate surface area is 79.8 Å². The summed E-state index contributed by atoms with van der Waals surface area (Å²) < 4.78 is 0. The maximum Gasteiger partial charge on any atom is 0.120 e. The lowest BCUT2D eigenvalue weighted by Crippen LogP contribution is -1.94. The molecule has 1 rings (SSSR count). The van der Waals surface area contributed by atoms with Crippen molar-refractivity contribution in [3.05, 3.63) is 34.9 Å². The van der Waals surface area contributed by atoms with E-state index in [0.29, 0.717) is 6.42 Å². The molecular weight excluding hydrogens is 160 g/mol. The van der Waals surface area contributed by atoms with Crippen LogP contribution in [0.15, 0.2) is 18.2 Å². The first-order valence-electron chi connectivity index (χ1n) is 4.80. The monoisotopic (exact) mass is 176 g/mol. The highest BCUT2D eigenvalue weighted by atomic mass is 16.1. The fraction of sp³-hybridized carbons (Fsp3) is 0.417. The lowest BCUT2D eigenvalue weighted by atomic mass is 9.99. The number of carbonyl (C=O) groups is 1. The van der Waals surface area contributed by atoms with Crippen LogP contribution < -0.4 is 0 Å². The smallest absolute Gasteiger partial charge is 0.120 e. The van der Waals surface area contributed by atoms with E-state index in [2.05, 4.69) is 32.0 Å². The standard InChI is InChI=1S/C12H16O/c1-3-11-7-6-10(2)9-12(11)5-4-8-13/h6-9H,3-5H2,1-2H3. The molecule has 0 unspecified atom stereocenters. The quantitative estimate of drug-likeness (QED) is 0.645. The van der Waals surface area contributed by atoms with Crippen molar-refractivity contribution >= 4 is 6.29 Å². The van der Waals surface area contributed by atoms with E-state index in [-0.39, 0.29) is 0 Å². The van der Waals surface area contributed by atoms with Gasteiger partial charge in [-0.3, -0.25) is 0 Å². The van der Waals surface area contributed by atoms with E-state index in [1.807, 2.05) is 0 Å². The van der Waals surface area contributed by atoms with Crippen LogP contribution in [-0.2, 0) is 17.6 Å². The van der Waals surface area contributed by atoms with Crippen molar-refractivity contribution in [2.24, 2.45) is 0 Å². The third kappa shape index (κ3) is 2.69. The van der Waals surface area contributed by atoms with Gasteiger partial charge in [0.15, 0.2) is 0 Å². The molecule has 0 N–H and O–H groups in total. The Balaban J connectivity index is 2.87. The summed E-state index contributed by atoms with van der Waals surface area (Å²) >= 11 is 0. The van der Waals surface area contributed by atoms with Gasteiger partial charge in [-0.25, -0.2) is 0 Å². The summed E-state index contributed by atoms with van der Waals surface area (Å²) in [7, 11) is 0. The second kappa shape index (κ2) is 4.80. The molecule has 0 saturated heterocycles. The minimum Gasteiger partial charge on any atom is -0.303 e. The third-order valence-corrected chi connectivity index (χ3v) is 2.27. The van der Waals surface area contributed by atoms with Crippen LogP contribution in [0.1, 0.15) is 30.0 Å². The molecule has 0 radical (unpaired) electrons. The van der Waals surface area contributed by atoms with E-state index in [0.717, 1.165) is 19.1 Å². The van der Waals surface area contributed by atoms with Gasteiger partial charge in [0.25, 0.3) is 0 Å². The van der Waals surface area contributed by atoms with Gasteiger partial charge in [-0.1, -0.05) is 30.7 Å². The number of hydrogen-bond donors (Lipinski definition) is 0. The van der Waals surface area contributed by atoms with Gasteiger partial charge >= 0.3 is 0 Å². The molecule has 13 heavy (non-hydrogen) atoms. The summed E-state index contributed by atoms with van der Waals surface area (Å²) in [6, 6.07) is 6.47. The molecule has 70 valence electrons. The van der Waals surface area contributed by atoms with Gasteiger partial charge in [0, 0.05) is 6.42 Å². The lowest BCUT2D eigenvalue weighted by Gasteiger charge is -2.06. The topological polar surface area (TPSA) is 17.1 Å². The summed E-state index contributed by atoms with van der Waals surface area (Å²) in [6.45, 7) is 4.24. The fourth-order valence-electron chi connectivity index (χ4n) is 1.55. The van der Waals surface area contributed by atoms with Crippen molar-refractivity contribution in [2.75, 3.05) is 0 Å². The summed E-state index contributed by atoms with van der Waals surface area (Å²) in [5, 5.41) is 0. The molecule has 0 bridgehead atoms. The summed E-state index contributed by atoms with van der Waals surface area (Å²) in [5.74, 6) is 0. The minimum absolute atomic E-state index is 0.635. The van der Waals surface area contributed by atoms with Gasteiger partial charge in [0.05, 0.1) is 0 Å². The van der Waals surface area contributed by atoms with E-state index >= 15 is 0 Å². The van der Waals surface area contributed by atoms with Crippen LogP contribution in [0, 0.1) is 6.92 Å². The highest BCUT2D eigenvalue weighted by Crippen LogP contribution is 2.13. The van der Waals surface area contributed by atoms with Crippen LogP contribution in [0.25, 0.3) is 0 Å². The molecule has 0 atom stereocenters. The molecule has 0 aliphatic carbocycles. The maximum atomic E-state index is 10.3. The van der Waals surface area contributed by atoms with E-state index in [4.69, 9.17) is 0 Å². The van der Waals surface area contributed by atoms with Crippen molar-refractivity contribution in [1.82, 2.24) is 0 Å². The van der Waals surface area contributed by atoms with Crippen molar-refractivity contribution in [3.63, 3.8) is 0 Å². The van der Waals surface area contributed by atoms with E-state index in [1.165, 1.54) is 16.7 Å². The van der Waals surface area contributed by atoms with Crippen molar-refractivity contribution in [1.29, 1.82) is 0 Å². The molecule has 1 nitrogen and oxygen atoms in total. The first-order valence-corrected chi connectivity index (χ1v) is 4.80. The molecule has 1 heteroatoms. The molecule has 0 saturated carbocycles. The van der Waals surface area contributed by atoms with Crippen molar-refractivity contribution in [3.8, 4) is 0 Å². The van der Waals surface area contributed by atoms with E-state index in [1.54, 1.807) is 0 Å². The molecule has 0 aromatic heterocycles. The highest BCUT2D eigenvalue weighted by Gasteiger charge is 2.00. The number of aldehydes is 1. The Morgan fingerprint density at radius 1 is 1.31 bits per heavy atom. The Hall–Kier alpha value is -1.11. The molecular formula is C12H16O. The fourth-order valence-corrected chi connectivity index (χ4v) is 1.55. The second-order valence-electron chi connectivity index (χ2n) is 3.33. The van der Waals surface area contributed by atoms with Crippen molar-refractivity contribution < 1.29 is 4.79 Å². The molecule has 0 aliphatic heterocycles. The predicted molar refractivity (Wildman–Crippen MR) is 54.9 cm³/mol. The Bertz CT molecular complexity index is 289. The second-order valence-corrected chi connectivity index (χ2v) is 3.33. The van der Waals surface area contributed by atoms with Crippen LogP contribution in [-0.4, -0.2) is 6.29 Å². The SMILES string of the molecule is CCc1ccc(C)cc1CCC=O. The molecule has 0 amide bonds. The van der Waals surface area contributed by atoms with Gasteiger partial charge in [-0.05, 0) is 30.9 Å². The zero-order valence-electron chi connectivity index (χ0n) is 8.34. The summed E-state index contributed by atoms with van der Waals surface area (Å²) in [5.41, 5.74) is 3.97. The molecule has 1 aromatic rings. The van der Waals surface area contributed by atoms with Gasteiger partial charge in [-0.15, -0.1) is 0 Å². The van der Waals surface area contributed by atoms with E-state index in [9.17, 15) is 4.79 Å². The third-order valence-electron chi connectivity index (χ3n) is 2.27. The minimum atomic E-state index is 0.635. The molecule has 0 heterocycles. The van der Waals surface area contributed by atoms with Gasteiger partial charge in [-0.2, -0.15) is 0 Å². The lowest BCUT2D eigenvalue weighted by molar-refractivity contribution is -0.107. The summed E-state index contributed by atoms with van der Waals surface area (Å²) in [6.07, 6.45) is 3.56. The zero-order chi connectivity index (χ0) is 9.68. The van der Waals surface area contributed by atoms with Crippen LogP contribution in [0.3, 0.4) is 0 Å². The Morgan fingerprint density at radius 2 is 2.08 bits per heavy atom. The average molecular weight is 176 g/mol. The first kappa shape index (κ1) is 9.97. The number of aryl methyl sites for hydroxylation is 3. The van der Waals surface area contributed by atoms with Gasteiger partial charge in [0.2, 0.25) is 0 Å². The average Bonchev–Trinajstić information content (AvgIpc) is 2.15. The van der Waals surface area contributed by atoms with E-state index < -0.39 is 0 Å². The largest absolute Gasteiger partial charge is 0.303 e. The Morgan fingerprint density at radius 3 is 2.69 bits per heavy atom. The molecule has 0 aliphatic rings. The van der Waals surface area contributed by atoms with Crippen LogP contribution in [0.5, 0.6) is 0 Å². The normalized spacial score (nSPS) is 10.0. The maximum absolute atomic E-state index is 10.3. The number of carbonyl (C=O) groups excluding carboxylic acids is 1. The van der Waals surface area contributed by atoms with Crippen molar-refractivity contribution in [2.45, 2.75) is 33.1 Å². The van der Waals surface area contributed by atoms with Crippen LogP contribution in [0.2, 0.25) is 0 Å². The first-order chi connectivity index (χ1) is 6.27. The number of rotatable bonds is 4. The van der Waals surface area contributed by atoms with Crippen LogP contribution >= 0.6 is 0 Å². The predicted octanol–water partition coefficient (Wildman–Crippen LogP) is 2.69. The summed E-state index contributed by atoms with van der Waals surface area (Å²) in [4.78, 5) is 10.3.